The fourth-order valence-electron chi connectivity index (χ4n) is 3.82. The molecule has 1 amide bonds. The maximum Gasteiger partial charge on any atom is 0.246 e. The van der Waals surface area contributed by atoms with Crippen LogP contribution in [0.15, 0.2) is 67.1 Å². The smallest absolute Gasteiger partial charge is 0.246 e. The van der Waals surface area contributed by atoms with Gasteiger partial charge >= 0.3 is 0 Å². The first-order chi connectivity index (χ1) is 14.2. The van der Waals surface area contributed by atoms with Crippen molar-refractivity contribution in [3.63, 3.8) is 0 Å². The van der Waals surface area contributed by atoms with Crippen molar-refractivity contribution >= 4 is 12.0 Å². The summed E-state index contributed by atoms with van der Waals surface area (Å²) in [6.07, 6.45) is 12.5. The Kier molecular flexibility index (Phi) is 5.84. The van der Waals surface area contributed by atoms with E-state index in [4.69, 9.17) is 5.10 Å². The Morgan fingerprint density at radius 1 is 1.17 bits per heavy atom. The highest BCUT2D eigenvalue weighted by atomic mass is 16.2. The second-order valence-electron chi connectivity index (χ2n) is 7.57. The Hall–Kier alpha value is -3.21. The van der Waals surface area contributed by atoms with Gasteiger partial charge in [-0.3, -0.25) is 14.5 Å². The molecule has 1 fully saturated rings. The lowest BCUT2D eigenvalue weighted by molar-refractivity contribution is -0.129. The number of pyridine rings is 1. The fraction of sp³-hybridized carbons (Fsp3) is 0.292. The molecule has 1 aliphatic rings. The van der Waals surface area contributed by atoms with Crippen molar-refractivity contribution in [3.05, 3.63) is 78.3 Å². The van der Waals surface area contributed by atoms with Gasteiger partial charge in [0.25, 0.3) is 0 Å². The number of likely N-dealkylation sites (tertiary alicyclic amines) is 1. The lowest BCUT2D eigenvalue weighted by Gasteiger charge is -2.32. The first kappa shape index (κ1) is 19.1. The van der Waals surface area contributed by atoms with Crippen molar-refractivity contribution in [3.8, 4) is 11.3 Å². The van der Waals surface area contributed by atoms with Crippen LogP contribution < -0.4 is 0 Å². The third-order valence-electron chi connectivity index (χ3n) is 5.40. The van der Waals surface area contributed by atoms with Crippen LogP contribution in [0.3, 0.4) is 0 Å². The first-order valence-corrected chi connectivity index (χ1v) is 10.2. The average molecular weight is 386 g/mol. The summed E-state index contributed by atoms with van der Waals surface area (Å²) in [6.45, 7) is 3.65. The zero-order valence-electron chi connectivity index (χ0n) is 16.7. The van der Waals surface area contributed by atoms with Crippen molar-refractivity contribution in [1.29, 1.82) is 0 Å². The number of nitrogens with zero attached hydrogens (tertiary/aromatic N) is 4. The molecule has 0 saturated carbocycles. The van der Waals surface area contributed by atoms with Crippen molar-refractivity contribution < 1.29 is 4.79 Å². The van der Waals surface area contributed by atoms with Crippen molar-refractivity contribution in [1.82, 2.24) is 19.7 Å². The summed E-state index contributed by atoms with van der Waals surface area (Å²) in [5.74, 6) is 0.0742. The van der Waals surface area contributed by atoms with Gasteiger partial charge in [-0.2, -0.15) is 5.10 Å². The van der Waals surface area contributed by atoms with Crippen molar-refractivity contribution in [2.45, 2.75) is 38.8 Å². The molecule has 0 radical (unpaired) electrons. The maximum absolute atomic E-state index is 12.7. The van der Waals surface area contributed by atoms with Crippen LogP contribution in [0.4, 0.5) is 0 Å². The van der Waals surface area contributed by atoms with E-state index in [0.717, 1.165) is 36.2 Å². The minimum absolute atomic E-state index is 0.0742. The molecule has 1 unspecified atom stereocenters. The van der Waals surface area contributed by atoms with Crippen LogP contribution in [0.25, 0.3) is 17.3 Å². The molecule has 1 aliphatic heterocycles. The van der Waals surface area contributed by atoms with Gasteiger partial charge in [0.05, 0.1) is 6.54 Å². The largest absolute Gasteiger partial charge is 0.336 e. The molecular formula is C24H26N4O. The van der Waals surface area contributed by atoms with Gasteiger partial charge in [0.15, 0.2) is 0 Å². The molecule has 3 heterocycles. The fourth-order valence-corrected chi connectivity index (χ4v) is 3.82. The molecule has 0 spiro atoms. The van der Waals surface area contributed by atoms with Gasteiger partial charge in [-0.25, -0.2) is 0 Å². The molecular weight excluding hydrogens is 360 g/mol. The highest BCUT2D eigenvalue weighted by molar-refractivity contribution is 5.93. The van der Waals surface area contributed by atoms with Gasteiger partial charge in [0.2, 0.25) is 5.91 Å². The van der Waals surface area contributed by atoms with E-state index in [9.17, 15) is 4.79 Å². The molecule has 3 aromatic rings. The standard InChI is InChI=1S/C24H26N4O/c1-19-8-5-6-15-28(19)23(29)13-12-22-18-27(17-20-9-3-2-4-10-20)26-24(22)21-11-7-14-25-16-21/h2-4,7,9-14,16,18-19H,5-6,8,15,17H2,1H3/b13-12+. The zero-order valence-corrected chi connectivity index (χ0v) is 16.7. The van der Waals surface area contributed by atoms with Crippen molar-refractivity contribution in [2.75, 3.05) is 6.54 Å². The van der Waals surface area contributed by atoms with Gasteiger partial charge in [-0.1, -0.05) is 30.3 Å². The summed E-state index contributed by atoms with van der Waals surface area (Å²) in [5, 5.41) is 4.78. The number of carbonyl (C=O) groups is 1. The van der Waals surface area contributed by atoms with Crippen LogP contribution in [-0.2, 0) is 11.3 Å². The predicted molar refractivity (Wildman–Crippen MR) is 115 cm³/mol. The lowest BCUT2D eigenvalue weighted by Crippen LogP contribution is -2.41. The Bertz CT molecular complexity index is 979. The van der Waals surface area contributed by atoms with Gasteiger partial charge in [0.1, 0.15) is 5.69 Å². The van der Waals surface area contributed by atoms with Crippen molar-refractivity contribution in [2.24, 2.45) is 0 Å². The second-order valence-corrected chi connectivity index (χ2v) is 7.57. The molecule has 5 heteroatoms. The molecule has 29 heavy (non-hydrogen) atoms. The summed E-state index contributed by atoms with van der Waals surface area (Å²) >= 11 is 0. The minimum Gasteiger partial charge on any atom is -0.336 e. The van der Waals surface area contributed by atoms with Crippen LogP contribution in [0.5, 0.6) is 0 Å². The zero-order chi connectivity index (χ0) is 20.1. The summed E-state index contributed by atoms with van der Waals surface area (Å²) in [4.78, 5) is 18.9. The average Bonchev–Trinajstić information content (AvgIpc) is 3.16. The van der Waals surface area contributed by atoms with E-state index >= 15 is 0 Å². The summed E-state index contributed by atoms with van der Waals surface area (Å²) < 4.78 is 1.92. The van der Waals surface area contributed by atoms with Gasteiger partial charge < -0.3 is 4.90 Å². The number of hydrogen-bond acceptors (Lipinski definition) is 3. The quantitative estimate of drug-likeness (QED) is 0.611. The summed E-state index contributed by atoms with van der Waals surface area (Å²) in [6, 6.07) is 14.4. The Balaban J connectivity index is 1.61. The van der Waals surface area contributed by atoms with Crippen LogP contribution in [-0.4, -0.2) is 38.2 Å². The Labute approximate surface area is 171 Å². The second kappa shape index (κ2) is 8.86. The van der Waals surface area contributed by atoms with E-state index in [1.807, 2.05) is 52.2 Å². The number of piperidine rings is 1. The molecule has 0 N–H and O–H groups in total. The molecule has 148 valence electrons. The Morgan fingerprint density at radius 3 is 2.79 bits per heavy atom. The highest BCUT2D eigenvalue weighted by Crippen LogP contribution is 2.23. The SMILES string of the molecule is CC1CCCCN1C(=O)/C=C/c1cn(Cc2ccccc2)nc1-c1cccnc1. The van der Waals surface area contributed by atoms with E-state index in [0.29, 0.717) is 12.6 Å². The first-order valence-electron chi connectivity index (χ1n) is 10.2. The normalized spacial score (nSPS) is 17.0. The number of benzene rings is 1. The van der Waals surface area contributed by atoms with E-state index in [1.54, 1.807) is 18.5 Å². The predicted octanol–water partition coefficient (Wildman–Crippen LogP) is 4.41. The van der Waals surface area contributed by atoms with E-state index in [2.05, 4.69) is 24.0 Å². The maximum atomic E-state index is 12.7. The highest BCUT2D eigenvalue weighted by Gasteiger charge is 2.21. The number of aromatic nitrogens is 3. The van der Waals surface area contributed by atoms with Gasteiger partial charge in [-0.05, 0) is 50.0 Å². The van der Waals surface area contributed by atoms with E-state index in [1.165, 1.54) is 12.0 Å². The molecule has 1 saturated heterocycles. The molecule has 4 rings (SSSR count). The van der Waals surface area contributed by atoms with Gasteiger partial charge in [0, 0.05) is 48.4 Å². The minimum atomic E-state index is 0.0742. The van der Waals surface area contributed by atoms with Crippen LogP contribution >= 0.6 is 0 Å². The third kappa shape index (κ3) is 4.62. The monoisotopic (exact) mass is 386 g/mol. The van der Waals surface area contributed by atoms with Crippen LogP contribution in [0, 0.1) is 0 Å². The summed E-state index contributed by atoms with van der Waals surface area (Å²) in [7, 11) is 0. The molecule has 0 aliphatic carbocycles. The Morgan fingerprint density at radius 2 is 2.03 bits per heavy atom. The van der Waals surface area contributed by atoms with Gasteiger partial charge in [-0.15, -0.1) is 0 Å². The summed E-state index contributed by atoms with van der Waals surface area (Å²) in [5.41, 5.74) is 3.89. The number of rotatable bonds is 5. The molecule has 2 aromatic heterocycles. The molecule has 0 bridgehead atoms. The van der Waals surface area contributed by atoms with E-state index in [-0.39, 0.29) is 5.91 Å². The van der Waals surface area contributed by atoms with Crippen LogP contribution in [0.1, 0.15) is 37.3 Å². The number of hydrogen-bond donors (Lipinski definition) is 0. The number of carbonyl (C=O) groups excluding carboxylic acids is 1. The van der Waals surface area contributed by atoms with E-state index < -0.39 is 0 Å². The molecule has 1 aromatic carbocycles. The molecule has 5 nitrogen and oxygen atoms in total. The molecule has 1 atom stereocenters. The van der Waals surface area contributed by atoms with Crippen LogP contribution in [0.2, 0.25) is 0 Å². The lowest BCUT2D eigenvalue weighted by atomic mass is 10.0. The topological polar surface area (TPSA) is 51.0 Å². The third-order valence-corrected chi connectivity index (χ3v) is 5.40. The number of amides is 1.